The molecule has 0 aliphatic carbocycles. The minimum Gasteiger partial charge on any atom is -0.493 e. The molecule has 126 valence electrons. The number of aromatic nitrogens is 2. The maximum absolute atomic E-state index is 12.6. The Morgan fingerprint density at radius 2 is 1.88 bits per heavy atom. The SMILES string of the molecule is O=c1c(Cl)c(NC2CCOc3ccccc32)cnn1-c1ccccc1. The summed E-state index contributed by atoms with van der Waals surface area (Å²) in [5.74, 6) is 0.855. The van der Waals surface area contributed by atoms with Crippen molar-refractivity contribution in [3.63, 3.8) is 0 Å². The van der Waals surface area contributed by atoms with Gasteiger partial charge in [0.15, 0.2) is 0 Å². The zero-order valence-corrected chi connectivity index (χ0v) is 14.1. The minimum atomic E-state index is -0.349. The lowest BCUT2D eigenvalue weighted by Crippen LogP contribution is -2.25. The van der Waals surface area contributed by atoms with E-state index in [1.54, 1.807) is 6.20 Å². The number of anilines is 1. The first kappa shape index (κ1) is 15.7. The maximum atomic E-state index is 12.6. The fourth-order valence-electron chi connectivity index (χ4n) is 2.97. The molecular formula is C19H16ClN3O2. The van der Waals surface area contributed by atoms with Crippen LogP contribution in [0.5, 0.6) is 5.75 Å². The van der Waals surface area contributed by atoms with Gasteiger partial charge >= 0.3 is 0 Å². The molecule has 2 aromatic carbocycles. The van der Waals surface area contributed by atoms with Gasteiger partial charge in [-0.3, -0.25) is 4.79 Å². The molecule has 25 heavy (non-hydrogen) atoms. The molecule has 1 atom stereocenters. The molecule has 1 N–H and O–H groups in total. The smallest absolute Gasteiger partial charge is 0.292 e. The number of benzene rings is 2. The van der Waals surface area contributed by atoms with Gasteiger partial charge in [-0.2, -0.15) is 9.78 Å². The van der Waals surface area contributed by atoms with Gasteiger partial charge in [0.1, 0.15) is 10.8 Å². The molecule has 0 fully saturated rings. The molecule has 0 spiro atoms. The number of halogens is 1. The maximum Gasteiger partial charge on any atom is 0.292 e. The van der Waals surface area contributed by atoms with Crippen molar-refractivity contribution in [2.75, 3.05) is 11.9 Å². The first-order valence-electron chi connectivity index (χ1n) is 8.05. The van der Waals surface area contributed by atoms with Crippen molar-refractivity contribution in [1.82, 2.24) is 9.78 Å². The number of hydrogen-bond acceptors (Lipinski definition) is 4. The van der Waals surface area contributed by atoms with Crippen LogP contribution in [0, 0.1) is 0 Å². The summed E-state index contributed by atoms with van der Waals surface area (Å²) in [6, 6.07) is 17.1. The van der Waals surface area contributed by atoms with Gasteiger partial charge < -0.3 is 10.1 Å². The van der Waals surface area contributed by atoms with Gasteiger partial charge in [0.05, 0.1) is 30.2 Å². The molecule has 1 aliphatic heterocycles. The van der Waals surface area contributed by atoms with Gasteiger partial charge in [0, 0.05) is 12.0 Å². The Bertz CT molecular complexity index is 956. The lowest BCUT2D eigenvalue weighted by molar-refractivity contribution is 0.274. The van der Waals surface area contributed by atoms with Crippen LogP contribution in [0.4, 0.5) is 5.69 Å². The molecule has 3 aromatic rings. The van der Waals surface area contributed by atoms with Crippen LogP contribution in [0.1, 0.15) is 18.0 Å². The molecule has 0 bridgehead atoms. The van der Waals surface area contributed by atoms with Crippen LogP contribution in [0.2, 0.25) is 5.02 Å². The van der Waals surface area contributed by atoms with E-state index in [0.717, 1.165) is 17.7 Å². The van der Waals surface area contributed by atoms with Gasteiger partial charge in [-0.25, -0.2) is 0 Å². The number of rotatable bonds is 3. The summed E-state index contributed by atoms with van der Waals surface area (Å²) >= 11 is 6.33. The highest BCUT2D eigenvalue weighted by Crippen LogP contribution is 2.34. The molecule has 0 saturated carbocycles. The van der Waals surface area contributed by atoms with Crippen molar-refractivity contribution in [3.05, 3.63) is 81.7 Å². The number of nitrogens with one attached hydrogen (secondary N) is 1. The van der Waals surface area contributed by atoms with E-state index < -0.39 is 0 Å². The van der Waals surface area contributed by atoms with Crippen LogP contribution in [-0.2, 0) is 0 Å². The number of nitrogens with zero attached hydrogens (tertiary/aromatic N) is 2. The summed E-state index contributed by atoms with van der Waals surface area (Å²) in [4.78, 5) is 12.6. The predicted molar refractivity (Wildman–Crippen MR) is 97.8 cm³/mol. The summed E-state index contributed by atoms with van der Waals surface area (Å²) in [6.07, 6.45) is 2.38. The Balaban J connectivity index is 1.67. The molecule has 6 heteroatoms. The topological polar surface area (TPSA) is 56.1 Å². The third kappa shape index (κ3) is 2.98. The Morgan fingerprint density at radius 1 is 1.12 bits per heavy atom. The zero-order chi connectivity index (χ0) is 17.2. The molecule has 0 radical (unpaired) electrons. The second-order valence-electron chi connectivity index (χ2n) is 5.80. The fourth-order valence-corrected chi connectivity index (χ4v) is 3.15. The van der Waals surface area contributed by atoms with Crippen molar-refractivity contribution in [2.45, 2.75) is 12.5 Å². The van der Waals surface area contributed by atoms with E-state index in [-0.39, 0.29) is 16.6 Å². The molecule has 4 rings (SSSR count). The lowest BCUT2D eigenvalue weighted by Gasteiger charge is -2.27. The molecule has 0 saturated heterocycles. The Kier molecular flexibility index (Phi) is 4.15. The van der Waals surface area contributed by atoms with E-state index in [4.69, 9.17) is 16.3 Å². The molecule has 0 amide bonds. The van der Waals surface area contributed by atoms with E-state index >= 15 is 0 Å². The average Bonchev–Trinajstić information content (AvgIpc) is 2.66. The minimum absolute atomic E-state index is 0.0243. The molecule has 5 nitrogen and oxygen atoms in total. The van der Waals surface area contributed by atoms with Crippen molar-refractivity contribution in [1.29, 1.82) is 0 Å². The van der Waals surface area contributed by atoms with E-state index in [0.29, 0.717) is 18.0 Å². The van der Waals surface area contributed by atoms with Crippen molar-refractivity contribution >= 4 is 17.3 Å². The lowest BCUT2D eigenvalue weighted by atomic mass is 10.0. The van der Waals surface area contributed by atoms with Crippen LogP contribution >= 0.6 is 11.6 Å². The highest BCUT2D eigenvalue weighted by atomic mass is 35.5. The standard InChI is InChI=1S/C19H16ClN3O2/c20-18-16(12-21-23(19(18)24)13-6-2-1-3-7-13)22-15-10-11-25-17-9-5-4-8-14(15)17/h1-9,12,15,22H,10-11H2. The quantitative estimate of drug-likeness (QED) is 0.777. The van der Waals surface area contributed by atoms with Crippen molar-refractivity contribution < 1.29 is 4.74 Å². The van der Waals surface area contributed by atoms with Crippen molar-refractivity contribution in [3.8, 4) is 11.4 Å². The van der Waals surface area contributed by atoms with Gasteiger partial charge in [-0.05, 0) is 18.2 Å². The molecular weight excluding hydrogens is 338 g/mol. The van der Waals surface area contributed by atoms with Gasteiger partial charge in [0.25, 0.3) is 5.56 Å². The van der Waals surface area contributed by atoms with Crippen LogP contribution in [0.15, 0.2) is 65.6 Å². The molecule has 2 heterocycles. The number of para-hydroxylation sites is 2. The third-order valence-electron chi connectivity index (χ3n) is 4.21. The van der Waals surface area contributed by atoms with Gasteiger partial charge in [0.2, 0.25) is 0 Å². The van der Waals surface area contributed by atoms with Crippen LogP contribution in [0.25, 0.3) is 5.69 Å². The average molecular weight is 354 g/mol. The first-order chi connectivity index (χ1) is 12.2. The summed E-state index contributed by atoms with van der Waals surface area (Å²) in [5, 5.41) is 7.72. The highest BCUT2D eigenvalue weighted by molar-refractivity contribution is 6.33. The predicted octanol–water partition coefficient (Wildman–Crippen LogP) is 3.82. The van der Waals surface area contributed by atoms with E-state index in [2.05, 4.69) is 10.4 Å². The monoisotopic (exact) mass is 353 g/mol. The molecule has 1 aliphatic rings. The van der Waals surface area contributed by atoms with Crippen molar-refractivity contribution in [2.24, 2.45) is 0 Å². The largest absolute Gasteiger partial charge is 0.493 e. The Morgan fingerprint density at radius 3 is 2.72 bits per heavy atom. The molecule has 1 unspecified atom stereocenters. The highest BCUT2D eigenvalue weighted by Gasteiger charge is 2.22. The second kappa shape index (κ2) is 6.61. The number of ether oxygens (including phenoxy) is 1. The Hall–Kier alpha value is -2.79. The van der Waals surface area contributed by atoms with E-state index in [1.165, 1.54) is 4.68 Å². The van der Waals surface area contributed by atoms with Crippen LogP contribution in [0.3, 0.4) is 0 Å². The normalized spacial score (nSPS) is 16.0. The summed E-state index contributed by atoms with van der Waals surface area (Å²) in [5.41, 5.74) is 1.91. The first-order valence-corrected chi connectivity index (χ1v) is 8.43. The third-order valence-corrected chi connectivity index (χ3v) is 4.57. The summed E-state index contributed by atoms with van der Waals surface area (Å²) in [7, 11) is 0. The van der Waals surface area contributed by atoms with Gasteiger partial charge in [-0.1, -0.05) is 48.0 Å². The summed E-state index contributed by atoms with van der Waals surface area (Å²) in [6.45, 7) is 0.612. The zero-order valence-electron chi connectivity index (χ0n) is 13.4. The number of fused-ring (bicyclic) bond motifs is 1. The number of hydrogen-bond donors (Lipinski definition) is 1. The summed E-state index contributed by atoms with van der Waals surface area (Å²) < 4.78 is 6.96. The Labute approximate surface area is 149 Å². The van der Waals surface area contributed by atoms with E-state index in [1.807, 2.05) is 54.6 Å². The van der Waals surface area contributed by atoms with E-state index in [9.17, 15) is 4.79 Å². The second-order valence-corrected chi connectivity index (χ2v) is 6.17. The van der Waals surface area contributed by atoms with Gasteiger partial charge in [-0.15, -0.1) is 0 Å². The molecule has 1 aromatic heterocycles. The van der Waals surface area contributed by atoms with Crippen LogP contribution in [-0.4, -0.2) is 16.4 Å². The van der Waals surface area contributed by atoms with Crippen LogP contribution < -0.4 is 15.6 Å². The fraction of sp³-hybridized carbons (Fsp3) is 0.158.